The minimum Gasteiger partial charge on any atom is -0.351 e. The van der Waals surface area contributed by atoms with E-state index in [0.29, 0.717) is 6.04 Å². The van der Waals surface area contributed by atoms with Crippen LogP contribution in [0, 0.1) is 0 Å². The fraction of sp³-hybridized carbons (Fsp3) is 0.889. The maximum atomic E-state index is 10.9. The van der Waals surface area contributed by atoms with Gasteiger partial charge in [-0.3, -0.25) is 4.79 Å². The molecule has 0 spiro atoms. The molecule has 0 unspecified atom stereocenters. The molecule has 0 aromatic heterocycles. The van der Waals surface area contributed by atoms with Crippen molar-refractivity contribution in [3.8, 4) is 0 Å². The van der Waals surface area contributed by atoms with Gasteiger partial charge in [0.1, 0.15) is 0 Å². The molecule has 0 saturated carbocycles. The van der Waals surface area contributed by atoms with Gasteiger partial charge < -0.3 is 5.32 Å². The second-order valence-electron chi connectivity index (χ2n) is 4.44. The minimum atomic E-state index is 0.0708. The molecule has 0 aromatic carbocycles. The molecule has 1 saturated heterocycles. The van der Waals surface area contributed by atoms with E-state index >= 15 is 0 Å². The summed E-state index contributed by atoms with van der Waals surface area (Å²) in [4.78, 5) is 10.9. The normalized spacial score (nSPS) is 26.1. The fourth-order valence-electron chi connectivity index (χ4n) is 2.13. The van der Waals surface area contributed by atoms with Crippen LogP contribution in [0.2, 0.25) is 0 Å². The summed E-state index contributed by atoms with van der Waals surface area (Å²) < 4.78 is 0.379. The summed E-state index contributed by atoms with van der Waals surface area (Å²) in [6.07, 6.45) is 0. The zero-order valence-corrected chi connectivity index (χ0v) is 9.21. The second kappa shape index (κ2) is 2.66. The highest BCUT2D eigenvalue weighted by molar-refractivity contribution is 8.03. The quantitative estimate of drug-likeness (QED) is 0.678. The molecule has 3 heteroatoms. The first kappa shape index (κ1) is 9.90. The summed E-state index contributed by atoms with van der Waals surface area (Å²) in [5.74, 6) is 0.0708. The highest BCUT2D eigenvalue weighted by Crippen LogP contribution is 2.54. The summed E-state index contributed by atoms with van der Waals surface area (Å²) in [6.45, 7) is 10.3. The first-order valence-electron chi connectivity index (χ1n) is 4.23. The molecule has 1 heterocycles. The molecule has 1 aliphatic heterocycles. The van der Waals surface area contributed by atoms with Gasteiger partial charge in [-0.25, -0.2) is 0 Å². The SMILES string of the molecule is CC(=O)NC1C(C)(C)SC1(C)C. The van der Waals surface area contributed by atoms with Crippen LogP contribution in [0.5, 0.6) is 0 Å². The Morgan fingerprint density at radius 3 is 1.83 bits per heavy atom. The van der Waals surface area contributed by atoms with Crippen molar-refractivity contribution in [3.63, 3.8) is 0 Å². The Morgan fingerprint density at radius 1 is 1.25 bits per heavy atom. The van der Waals surface area contributed by atoms with Crippen molar-refractivity contribution in [1.82, 2.24) is 5.32 Å². The molecule has 1 amide bonds. The van der Waals surface area contributed by atoms with Crippen molar-refractivity contribution in [2.24, 2.45) is 0 Å². The Bertz CT molecular complexity index is 197. The second-order valence-corrected chi connectivity index (χ2v) is 6.75. The molecule has 0 bridgehead atoms. The van der Waals surface area contributed by atoms with Crippen LogP contribution in [-0.2, 0) is 4.79 Å². The lowest BCUT2D eigenvalue weighted by molar-refractivity contribution is -0.120. The van der Waals surface area contributed by atoms with Crippen LogP contribution in [-0.4, -0.2) is 21.4 Å². The van der Waals surface area contributed by atoms with Gasteiger partial charge in [0.2, 0.25) is 5.91 Å². The van der Waals surface area contributed by atoms with E-state index in [-0.39, 0.29) is 15.4 Å². The van der Waals surface area contributed by atoms with Crippen molar-refractivity contribution in [1.29, 1.82) is 0 Å². The van der Waals surface area contributed by atoms with E-state index in [1.807, 2.05) is 11.8 Å². The molecular formula is C9H17NOS. The predicted molar refractivity (Wildman–Crippen MR) is 53.4 cm³/mol. The maximum absolute atomic E-state index is 10.9. The number of rotatable bonds is 1. The van der Waals surface area contributed by atoms with Gasteiger partial charge in [-0.05, 0) is 27.7 Å². The first-order chi connectivity index (χ1) is 5.26. The Morgan fingerprint density at radius 2 is 1.67 bits per heavy atom. The smallest absolute Gasteiger partial charge is 0.217 e. The van der Waals surface area contributed by atoms with Gasteiger partial charge in [0.05, 0.1) is 6.04 Å². The molecule has 1 aliphatic rings. The van der Waals surface area contributed by atoms with Crippen LogP contribution in [0.25, 0.3) is 0 Å². The first-order valence-corrected chi connectivity index (χ1v) is 5.04. The van der Waals surface area contributed by atoms with E-state index in [1.54, 1.807) is 6.92 Å². The number of thioether (sulfide) groups is 1. The number of carbonyl (C=O) groups is 1. The molecule has 1 N–H and O–H groups in total. The third-order valence-electron chi connectivity index (χ3n) is 2.26. The Kier molecular flexibility index (Phi) is 2.19. The number of hydrogen-bond donors (Lipinski definition) is 1. The Labute approximate surface area is 78.5 Å². The third kappa shape index (κ3) is 1.60. The lowest BCUT2D eigenvalue weighted by Crippen LogP contribution is -2.66. The molecule has 1 fully saturated rings. The van der Waals surface area contributed by atoms with E-state index in [9.17, 15) is 4.79 Å². The summed E-state index contributed by atoms with van der Waals surface area (Å²) in [5, 5.41) is 3.00. The predicted octanol–water partition coefficient (Wildman–Crippen LogP) is 1.80. The topological polar surface area (TPSA) is 29.1 Å². The van der Waals surface area contributed by atoms with Crippen molar-refractivity contribution < 1.29 is 4.79 Å². The monoisotopic (exact) mass is 187 g/mol. The molecule has 2 nitrogen and oxygen atoms in total. The van der Waals surface area contributed by atoms with Crippen LogP contribution in [0.15, 0.2) is 0 Å². The molecule has 0 radical (unpaired) electrons. The Hall–Kier alpha value is -0.180. The number of hydrogen-bond acceptors (Lipinski definition) is 2. The van der Waals surface area contributed by atoms with Crippen LogP contribution in [0.4, 0.5) is 0 Å². The van der Waals surface area contributed by atoms with Gasteiger partial charge in [0, 0.05) is 16.4 Å². The average Bonchev–Trinajstić information content (AvgIpc) is 1.80. The van der Waals surface area contributed by atoms with Crippen LogP contribution in [0.1, 0.15) is 34.6 Å². The number of nitrogens with one attached hydrogen (secondary N) is 1. The van der Waals surface area contributed by atoms with E-state index < -0.39 is 0 Å². The fourth-order valence-corrected chi connectivity index (χ4v) is 4.24. The van der Waals surface area contributed by atoms with Crippen LogP contribution in [0.3, 0.4) is 0 Å². The summed E-state index contributed by atoms with van der Waals surface area (Å²) >= 11 is 1.92. The molecule has 0 atom stereocenters. The van der Waals surface area contributed by atoms with Crippen molar-refractivity contribution in [2.75, 3.05) is 0 Å². The van der Waals surface area contributed by atoms with Gasteiger partial charge in [-0.2, -0.15) is 0 Å². The summed E-state index contributed by atoms with van der Waals surface area (Å²) in [6, 6.07) is 0.299. The van der Waals surface area contributed by atoms with Gasteiger partial charge in [0.15, 0.2) is 0 Å². The lowest BCUT2D eigenvalue weighted by atomic mass is 9.89. The molecule has 12 heavy (non-hydrogen) atoms. The van der Waals surface area contributed by atoms with Crippen LogP contribution < -0.4 is 5.32 Å². The molecule has 70 valence electrons. The molecule has 0 aromatic rings. The standard InChI is InChI=1S/C9H17NOS/c1-6(11)10-7-8(2,3)12-9(7,4)5/h7H,1-5H3,(H,10,11). The highest BCUT2D eigenvalue weighted by Gasteiger charge is 2.54. The van der Waals surface area contributed by atoms with Crippen molar-refractivity contribution in [2.45, 2.75) is 50.2 Å². The van der Waals surface area contributed by atoms with Gasteiger partial charge >= 0.3 is 0 Å². The van der Waals surface area contributed by atoms with E-state index in [0.717, 1.165) is 0 Å². The zero-order valence-electron chi connectivity index (χ0n) is 8.39. The number of amides is 1. The summed E-state index contributed by atoms with van der Waals surface area (Å²) in [7, 11) is 0. The number of carbonyl (C=O) groups excluding carboxylic acids is 1. The minimum absolute atomic E-state index is 0.0708. The van der Waals surface area contributed by atoms with Gasteiger partial charge in [0.25, 0.3) is 0 Å². The van der Waals surface area contributed by atoms with Gasteiger partial charge in [-0.1, -0.05) is 0 Å². The van der Waals surface area contributed by atoms with E-state index in [1.165, 1.54) is 0 Å². The highest BCUT2D eigenvalue weighted by atomic mass is 32.2. The van der Waals surface area contributed by atoms with E-state index in [4.69, 9.17) is 0 Å². The third-order valence-corrected chi connectivity index (χ3v) is 3.79. The van der Waals surface area contributed by atoms with Crippen molar-refractivity contribution >= 4 is 17.7 Å². The maximum Gasteiger partial charge on any atom is 0.217 e. The molecule has 0 aliphatic carbocycles. The van der Waals surface area contributed by atoms with Gasteiger partial charge in [-0.15, -0.1) is 11.8 Å². The Balaban J connectivity index is 2.66. The van der Waals surface area contributed by atoms with Crippen LogP contribution >= 0.6 is 11.8 Å². The zero-order chi connectivity index (χ0) is 9.57. The summed E-state index contributed by atoms with van der Waals surface area (Å²) in [5.41, 5.74) is 0. The largest absolute Gasteiger partial charge is 0.351 e. The average molecular weight is 187 g/mol. The molecular weight excluding hydrogens is 170 g/mol. The lowest BCUT2D eigenvalue weighted by Gasteiger charge is -2.56. The molecule has 1 rings (SSSR count). The van der Waals surface area contributed by atoms with E-state index in [2.05, 4.69) is 33.0 Å². The van der Waals surface area contributed by atoms with Crippen molar-refractivity contribution in [3.05, 3.63) is 0 Å².